The second kappa shape index (κ2) is 7.89. The van der Waals surface area contributed by atoms with Crippen LogP contribution in [0.5, 0.6) is 5.75 Å². The van der Waals surface area contributed by atoms with Gasteiger partial charge in [-0.25, -0.2) is 4.39 Å². The van der Waals surface area contributed by atoms with E-state index in [1.807, 2.05) is 0 Å². The zero-order chi connectivity index (χ0) is 16.8. The van der Waals surface area contributed by atoms with Gasteiger partial charge in [-0.3, -0.25) is 9.89 Å². The molecule has 24 heavy (non-hydrogen) atoms. The molecule has 1 atom stereocenters. The lowest BCUT2D eigenvalue weighted by molar-refractivity contribution is -0.0855. The Hall–Kier alpha value is -2.45. The average Bonchev–Trinajstić information content (AvgIpc) is 3.08. The Morgan fingerprint density at radius 3 is 3.12 bits per heavy atom. The Kier molecular flexibility index (Phi) is 5.39. The van der Waals surface area contributed by atoms with Crippen LogP contribution in [-0.2, 0) is 16.1 Å². The second-order valence-electron chi connectivity index (χ2n) is 5.30. The van der Waals surface area contributed by atoms with E-state index in [-0.39, 0.29) is 30.1 Å². The standard InChI is InChI=1S/C16H18FN3O4/c17-11-2-1-3-13(6-11)24-9-12-7-15(20-19-12)16(21)18-8-14-10-22-4-5-23-14/h1-3,6-7,14H,4-5,8-10H2,(H,18,21)(H,19,20)/t14-/m1/s1. The van der Waals surface area contributed by atoms with Gasteiger partial charge in [0.15, 0.2) is 0 Å². The number of carbonyl (C=O) groups is 1. The van der Waals surface area contributed by atoms with Gasteiger partial charge in [0.2, 0.25) is 0 Å². The van der Waals surface area contributed by atoms with Crippen LogP contribution in [0.1, 0.15) is 16.2 Å². The van der Waals surface area contributed by atoms with Crippen LogP contribution in [0.25, 0.3) is 0 Å². The summed E-state index contributed by atoms with van der Waals surface area (Å²) in [6, 6.07) is 7.43. The maximum absolute atomic E-state index is 13.1. The van der Waals surface area contributed by atoms with E-state index in [1.54, 1.807) is 18.2 Å². The molecule has 1 aromatic heterocycles. The molecular weight excluding hydrogens is 317 g/mol. The molecular formula is C16H18FN3O4. The van der Waals surface area contributed by atoms with E-state index in [9.17, 15) is 9.18 Å². The third-order valence-corrected chi connectivity index (χ3v) is 3.43. The van der Waals surface area contributed by atoms with E-state index in [4.69, 9.17) is 14.2 Å². The monoisotopic (exact) mass is 335 g/mol. The van der Waals surface area contributed by atoms with Crippen LogP contribution >= 0.6 is 0 Å². The number of halogens is 1. The van der Waals surface area contributed by atoms with Crippen molar-refractivity contribution in [2.75, 3.05) is 26.4 Å². The zero-order valence-electron chi connectivity index (χ0n) is 13.0. The average molecular weight is 335 g/mol. The fourth-order valence-electron chi connectivity index (χ4n) is 2.22. The van der Waals surface area contributed by atoms with Gasteiger partial charge in [0.1, 0.15) is 23.9 Å². The van der Waals surface area contributed by atoms with Crippen molar-refractivity contribution in [2.45, 2.75) is 12.7 Å². The molecule has 1 fully saturated rings. The highest BCUT2D eigenvalue weighted by Crippen LogP contribution is 2.13. The highest BCUT2D eigenvalue weighted by Gasteiger charge is 2.17. The van der Waals surface area contributed by atoms with Gasteiger partial charge in [0, 0.05) is 12.6 Å². The highest BCUT2D eigenvalue weighted by atomic mass is 19.1. The van der Waals surface area contributed by atoms with Crippen molar-refractivity contribution in [3.8, 4) is 5.75 Å². The minimum atomic E-state index is -0.369. The van der Waals surface area contributed by atoms with Gasteiger partial charge in [0.25, 0.3) is 5.91 Å². The first-order valence-electron chi connectivity index (χ1n) is 7.61. The SMILES string of the molecule is O=C(NC[C@@H]1COCCO1)c1cc(COc2cccc(F)c2)[nH]n1. The zero-order valence-corrected chi connectivity index (χ0v) is 13.0. The maximum atomic E-state index is 13.1. The van der Waals surface area contributed by atoms with Gasteiger partial charge in [0.05, 0.1) is 31.6 Å². The molecule has 0 unspecified atom stereocenters. The quantitative estimate of drug-likeness (QED) is 0.830. The third kappa shape index (κ3) is 4.53. The Morgan fingerprint density at radius 2 is 2.33 bits per heavy atom. The van der Waals surface area contributed by atoms with Crippen molar-refractivity contribution >= 4 is 5.91 Å². The molecule has 1 aliphatic heterocycles. The molecule has 0 bridgehead atoms. The normalized spacial score (nSPS) is 17.5. The minimum Gasteiger partial charge on any atom is -0.487 e. The number of hydrogen-bond donors (Lipinski definition) is 2. The number of amides is 1. The third-order valence-electron chi connectivity index (χ3n) is 3.43. The summed E-state index contributed by atoms with van der Waals surface area (Å²) in [6.07, 6.45) is -0.141. The number of aromatic nitrogens is 2. The number of nitrogens with one attached hydrogen (secondary N) is 2. The summed E-state index contributed by atoms with van der Waals surface area (Å²) in [6.45, 7) is 2.10. The first kappa shape index (κ1) is 16.4. The van der Waals surface area contributed by atoms with E-state index in [1.165, 1.54) is 12.1 Å². The van der Waals surface area contributed by atoms with E-state index in [2.05, 4.69) is 15.5 Å². The summed E-state index contributed by atoms with van der Waals surface area (Å²) < 4.78 is 29.2. The molecule has 0 spiro atoms. The van der Waals surface area contributed by atoms with Crippen molar-refractivity contribution in [3.05, 3.63) is 47.5 Å². The van der Waals surface area contributed by atoms with Crippen LogP contribution in [0.4, 0.5) is 4.39 Å². The lowest BCUT2D eigenvalue weighted by Crippen LogP contribution is -2.39. The van der Waals surface area contributed by atoms with E-state index < -0.39 is 0 Å². The molecule has 1 amide bonds. The summed E-state index contributed by atoms with van der Waals surface area (Å²) in [4.78, 5) is 12.0. The van der Waals surface area contributed by atoms with E-state index in [0.29, 0.717) is 37.8 Å². The van der Waals surface area contributed by atoms with Crippen molar-refractivity contribution < 1.29 is 23.4 Å². The molecule has 1 aliphatic rings. The molecule has 2 aromatic rings. The second-order valence-corrected chi connectivity index (χ2v) is 5.30. The van der Waals surface area contributed by atoms with Gasteiger partial charge >= 0.3 is 0 Å². The van der Waals surface area contributed by atoms with Gasteiger partial charge in [-0.2, -0.15) is 5.10 Å². The molecule has 8 heteroatoms. The van der Waals surface area contributed by atoms with Crippen LogP contribution in [0.2, 0.25) is 0 Å². The Morgan fingerprint density at radius 1 is 1.42 bits per heavy atom. The Bertz CT molecular complexity index is 685. The van der Waals surface area contributed by atoms with E-state index in [0.717, 1.165) is 0 Å². The minimum absolute atomic E-state index is 0.141. The topological polar surface area (TPSA) is 85.5 Å². The van der Waals surface area contributed by atoms with Crippen molar-refractivity contribution in [3.63, 3.8) is 0 Å². The number of ether oxygens (including phenoxy) is 3. The van der Waals surface area contributed by atoms with Crippen molar-refractivity contribution in [1.82, 2.24) is 15.5 Å². The molecule has 0 saturated carbocycles. The van der Waals surface area contributed by atoms with Crippen LogP contribution in [-0.4, -0.2) is 48.6 Å². The summed E-state index contributed by atoms with van der Waals surface area (Å²) >= 11 is 0. The summed E-state index contributed by atoms with van der Waals surface area (Å²) in [5.41, 5.74) is 0.867. The van der Waals surface area contributed by atoms with Crippen LogP contribution in [0, 0.1) is 5.82 Å². The number of benzene rings is 1. The van der Waals surface area contributed by atoms with Crippen LogP contribution < -0.4 is 10.1 Å². The van der Waals surface area contributed by atoms with Crippen molar-refractivity contribution in [2.24, 2.45) is 0 Å². The number of H-pyrrole nitrogens is 1. The molecule has 3 rings (SSSR count). The predicted molar refractivity (Wildman–Crippen MR) is 82.2 cm³/mol. The fourth-order valence-corrected chi connectivity index (χ4v) is 2.22. The largest absolute Gasteiger partial charge is 0.487 e. The highest BCUT2D eigenvalue weighted by molar-refractivity contribution is 5.92. The Balaban J connectivity index is 1.48. The molecule has 1 aromatic carbocycles. The summed E-state index contributed by atoms with van der Waals surface area (Å²) in [5.74, 6) is -0.270. The number of rotatable bonds is 6. The number of nitrogens with zero attached hydrogens (tertiary/aromatic N) is 1. The lowest BCUT2D eigenvalue weighted by atomic mass is 10.3. The van der Waals surface area contributed by atoms with Gasteiger partial charge in [-0.1, -0.05) is 6.07 Å². The summed E-state index contributed by atoms with van der Waals surface area (Å²) in [5, 5.41) is 9.42. The molecule has 0 radical (unpaired) electrons. The fraction of sp³-hybridized carbons (Fsp3) is 0.375. The van der Waals surface area contributed by atoms with Crippen LogP contribution in [0.3, 0.4) is 0 Å². The van der Waals surface area contributed by atoms with Gasteiger partial charge in [-0.05, 0) is 18.2 Å². The molecule has 2 heterocycles. The van der Waals surface area contributed by atoms with Gasteiger partial charge in [-0.15, -0.1) is 0 Å². The molecule has 1 saturated heterocycles. The summed E-state index contributed by atoms with van der Waals surface area (Å²) in [7, 11) is 0. The molecule has 128 valence electrons. The van der Waals surface area contributed by atoms with Gasteiger partial charge < -0.3 is 19.5 Å². The molecule has 7 nitrogen and oxygen atoms in total. The first-order valence-corrected chi connectivity index (χ1v) is 7.61. The predicted octanol–water partition coefficient (Wildman–Crippen LogP) is 1.27. The number of hydrogen-bond acceptors (Lipinski definition) is 5. The van der Waals surface area contributed by atoms with Crippen LogP contribution in [0.15, 0.2) is 30.3 Å². The first-order chi connectivity index (χ1) is 11.7. The van der Waals surface area contributed by atoms with E-state index >= 15 is 0 Å². The smallest absolute Gasteiger partial charge is 0.271 e. The number of aromatic amines is 1. The van der Waals surface area contributed by atoms with Crippen molar-refractivity contribution in [1.29, 1.82) is 0 Å². The number of carbonyl (C=O) groups excluding carboxylic acids is 1. The maximum Gasteiger partial charge on any atom is 0.271 e. The molecule has 0 aliphatic carbocycles. The Labute approximate surface area is 138 Å². The lowest BCUT2D eigenvalue weighted by Gasteiger charge is -2.22. The molecule has 2 N–H and O–H groups in total.